The Labute approximate surface area is 145 Å². The fourth-order valence-corrected chi connectivity index (χ4v) is 3.74. The van der Waals surface area contributed by atoms with E-state index in [2.05, 4.69) is 94.5 Å². The summed E-state index contributed by atoms with van der Waals surface area (Å²) >= 11 is 3.55. The summed E-state index contributed by atoms with van der Waals surface area (Å²) in [4.78, 5) is 2.29. The van der Waals surface area contributed by atoms with Gasteiger partial charge in [-0.2, -0.15) is 0 Å². The van der Waals surface area contributed by atoms with Crippen molar-refractivity contribution in [2.45, 2.75) is 26.4 Å². The molecular formula is C20H19BrN2. The smallest absolute Gasteiger partial charge is 0.0488 e. The highest BCUT2D eigenvalue weighted by Crippen LogP contribution is 2.38. The number of hydrogen-bond acceptors (Lipinski definition) is 1. The number of rotatable bonds is 2. The topological polar surface area (TPSA) is 8.17 Å². The van der Waals surface area contributed by atoms with E-state index in [1.165, 1.54) is 27.7 Å². The Morgan fingerprint density at radius 2 is 1.91 bits per heavy atom. The summed E-state index contributed by atoms with van der Waals surface area (Å²) in [6, 6.07) is 15.8. The molecule has 0 spiro atoms. The van der Waals surface area contributed by atoms with E-state index in [0.29, 0.717) is 6.04 Å². The highest BCUT2D eigenvalue weighted by Gasteiger charge is 2.23. The molecule has 23 heavy (non-hydrogen) atoms. The van der Waals surface area contributed by atoms with Crippen molar-refractivity contribution in [3.05, 3.63) is 70.8 Å². The molecule has 3 aromatic rings. The van der Waals surface area contributed by atoms with Crippen LogP contribution in [0.5, 0.6) is 0 Å². The predicted molar refractivity (Wildman–Crippen MR) is 102 cm³/mol. The van der Waals surface area contributed by atoms with Crippen molar-refractivity contribution in [2.75, 3.05) is 4.90 Å². The number of aromatic nitrogens is 1. The molecule has 116 valence electrons. The van der Waals surface area contributed by atoms with Gasteiger partial charge in [-0.1, -0.05) is 28.6 Å². The fraction of sp³-hybridized carbons (Fsp3) is 0.200. The maximum absolute atomic E-state index is 4.31. The minimum absolute atomic E-state index is 0.474. The number of benzene rings is 2. The average Bonchev–Trinajstić information content (AvgIpc) is 3.08. The molecule has 2 heterocycles. The fourth-order valence-electron chi connectivity index (χ4n) is 3.38. The monoisotopic (exact) mass is 366 g/mol. The Kier molecular flexibility index (Phi) is 3.34. The third-order valence-corrected chi connectivity index (χ3v) is 5.10. The number of halogens is 1. The van der Waals surface area contributed by atoms with E-state index in [9.17, 15) is 0 Å². The first-order valence-corrected chi connectivity index (χ1v) is 8.70. The Morgan fingerprint density at radius 1 is 1.09 bits per heavy atom. The lowest BCUT2D eigenvalue weighted by Gasteiger charge is -2.20. The number of hydrogen-bond donors (Lipinski definition) is 0. The third kappa shape index (κ3) is 2.31. The van der Waals surface area contributed by atoms with Crippen LogP contribution in [-0.2, 0) is 6.54 Å². The minimum atomic E-state index is 0.474. The summed E-state index contributed by atoms with van der Waals surface area (Å²) in [5.74, 6) is 0. The van der Waals surface area contributed by atoms with E-state index in [-0.39, 0.29) is 0 Å². The van der Waals surface area contributed by atoms with E-state index >= 15 is 0 Å². The summed E-state index contributed by atoms with van der Waals surface area (Å²) in [5, 5.41) is 1.28. The van der Waals surface area contributed by atoms with Gasteiger partial charge < -0.3 is 9.47 Å². The van der Waals surface area contributed by atoms with Crippen molar-refractivity contribution in [1.82, 2.24) is 4.57 Å². The van der Waals surface area contributed by atoms with Crippen LogP contribution >= 0.6 is 15.9 Å². The normalized spacial score (nSPS) is 14.1. The van der Waals surface area contributed by atoms with Crippen LogP contribution in [0.15, 0.2) is 59.7 Å². The molecule has 2 aromatic carbocycles. The largest absolute Gasteiger partial charge is 0.345 e. The number of anilines is 1. The van der Waals surface area contributed by atoms with Crippen molar-refractivity contribution in [1.29, 1.82) is 0 Å². The van der Waals surface area contributed by atoms with Gasteiger partial charge >= 0.3 is 0 Å². The molecular weight excluding hydrogens is 348 g/mol. The molecule has 0 atom stereocenters. The lowest BCUT2D eigenvalue weighted by molar-refractivity contribution is 0.623. The van der Waals surface area contributed by atoms with Crippen LogP contribution < -0.4 is 4.90 Å². The zero-order chi connectivity index (χ0) is 16.1. The molecule has 0 amide bonds. The highest BCUT2D eigenvalue weighted by molar-refractivity contribution is 9.10. The lowest BCUT2D eigenvalue weighted by Crippen LogP contribution is -2.12. The van der Waals surface area contributed by atoms with Gasteiger partial charge in [-0.3, -0.25) is 0 Å². The van der Waals surface area contributed by atoms with Gasteiger partial charge in [0.25, 0.3) is 0 Å². The predicted octanol–water partition coefficient (Wildman–Crippen LogP) is 5.98. The van der Waals surface area contributed by atoms with Crippen LogP contribution in [0.3, 0.4) is 0 Å². The highest BCUT2D eigenvalue weighted by atomic mass is 79.9. The average molecular weight is 367 g/mol. The van der Waals surface area contributed by atoms with Gasteiger partial charge in [-0.15, -0.1) is 0 Å². The summed E-state index contributed by atoms with van der Waals surface area (Å²) in [5.41, 5.74) is 6.13. The molecule has 4 rings (SSSR count). The molecule has 1 aliphatic heterocycles. The SMILES string of the molecule is C=C1c2cc(Br)ccc2CN1c1ccc2c(ccn2C(C)C)c1. The first-order chi connectivity index (χ1) is 11.0. The number of nitrogens with zero attached hydrogens (tertiary/aromatic N) is 2. The molecule has 2 nitrogen and oxygen atoms in total. The van der Waals surface area contributed by atoms with Gasteiger partial charge in [-0.05, 0) is 55.8 Å². The number of fused-ring (bicyclic) bond motifs is 2. The molecule has 0 fully saturated rings. The van der Waals surface area contributed by atoms with Crippen LogP contribution in [-0.4, -0.2) is 4.57 Å². The summed E-state index contributed by atoms with van der Waals surface area (Å²) in [6.45, 7) is 9.62. The van der Waals surface area contributed by atoms with Gasteiger partial charge in [0.2, 0.25) is 0 Å². The second-order valence-corrected chi connectivity index (χ2v) is 7.31. The molecule has 0 N–H and O–H groups in total. The summed E-state index contributed by atoms with van der Waals surface area (Å²) in [7, 11) is 0. The summed E-state index contributed by atoms with van der Waals surface area (Å²) in [6.07, 6.45) is 2.17. The Balaban J connectivity index is 1.75. The van der Waals surface area contributed by atoms with Crippen LogP contribution in [0.1, 0.15) is 31.0 Å². The van der Waals surface area contributed by atoms with Crippen LogP contribution in [0, 0.1) is 0 Å². The van der Waals surface area contributed by atoms with Crippen LogP contribution in [0.25, 0.3) is 16.6 Å². The maximum Gasteiger partial charge on any atom is 0.0488 e. The van der Waals surface area contributed by atoms with E-state index in [1.807, 2.05) is 0 Å². The van der Waals surface area contributed by atoms with E-state index in [0.717, 1.165) is 16.7 Å². The van der Waals surface area contributed by atoms with Gasteiger partial charge in [0.1, 0.15) is 0 Å². The van der Waals surface area contributed by atoms with Gasteiger partial charge in [0.05, 0.1) is 0 Å². The molecule has 0 saturated carbocycles. The second-order valence-electron chi connectivity index (χ2n) is 6.39. The molecule has 0 radical (unpaired) electrons. The first-order valence-electron chi connectivity index (χ1n) is 7.90. The van der Waals surface area contributed by atoms with E-state index in [4.69, 9.17) is 0 Å². The molecule has 0 saturated heterocycles. The van der Waals surface area contributed by atoms with Crippen LogP contribution in [0.4, 0.5) is 5.69 Å². The van der Waals surface area contributed by atoms with Crippen LogP contribution in [0.2, 0.25) is 0 Å². The molecule has 0 bridgehead atoms. The zero-order valence-electron chi connectivity index (χ0n) is 13.4. The van der Waals surface area contributed by atoms with Crippen molar-refractivity contribution in [2.24, 2.45) is 0 Å². The third-order valence-electron chi connectivity index (χ3n) is 4.61. The maximum atomic E-state index is 4.31. The minimum Gasteiger partial charge on any atom is -0.345 e. The molecule has 0 unspecified atom stereocenters. The van der Waals surface area contributed by atoms with Gasteiger partial charge in [-0.25, -0.2) is 0 Å². The Hall–Kier alpha value is -2.00. The van der Waals surface area contributed by atoms with Gasteiger partial charge in [0, 0.05) is 51.1 Å². The second kappa shape index (κ2) is 5.27. The Bertz CT molecular complexity index is 921. The Morgan fingerprint density at radius 3 is 2.70 bits per heavy atom. The van der Waals surface area contributed by atoms with Crippen molar-refractivity contribution in [3.63, 3.8) is 0 Å². The lowest BCUT2D eigenvalue weighted by atomic mass is 10.1. The molecule has 0 aliphatic carbocycles. The summed E-state index contributed by atoms with van der Waals surface area (Å²) < 4.78 is 3.41. The van der Waals surface area contributed by atoms with Crippen molar-refractivity contribution in [3.8, 4) is 0 Å². The van der Waals surface area contributed by atoms with E-state index in [1.54, 1.807) is 0 Å². The standard InChI is InChI=1S/C20H19BrN2/c1-13(2)22-9-8-15-10-18(6-7-20(15)22)23-12-16-4-5-17(21)11-19(16)14(23)3/h4-11,13H,3,12H2,1-2H3. The first kappa shape index (κ1) is 14.6. The van der Waals surface area contributed by atoms with E-state index < -0.39 is 0 Å². The quantitative estimate of drug-likeness (QED) is 0.541. The van der Waals surface area contributed by atoms with Crippen molar-refractivity contribution >= 4 is 38.2 Å². The molecule has 1 aromatic heterocycles. The molecule has 1 aliphatic rings. The van der Waals surface area contributed by atoms with Gasteiger partial charge in [0.15, 0.2) is 0 Å². The molecule has 3 heteroatoms. The zero-order valence-corrected chi connectivity index (χ0v) is 15.0. The van der Waals surface area contributed by atoms with Crippen molar-refractivity contribution < 1.29 is 0 Å².